The lowest BCUT2D eigenvalue weighted by molar-refractivity contribution is -0.385. The molecule has 8 nitrogen and oxygen atoms in total. The van der Waals surface area contributed by atoms with Crippen molar-refractivity contribution in [1.82, 2.24) is 4.98 Å². The van der Waals surface area contributed by atoms with E-state index in [2.05, 4.69) is 10.3 Å². The van der Waals surface area contributed by atoms with Crippen LogP contribution in [0.2, 0.25) is 0 Å². The van der Waals surface area contributed by atoms with Crippen molar-refractivity contribution in [3.05, 3.63) is 58.3 Å². The van der Waals surface area contributed by atoms with Gasteiger partial charge in [0.1, 0.15) is 17.8 Å². The Morgan fingerprint density at radius 1 is 1.14 bits per heavy atom. The fourth-order valence-electron chi connectivity index (χ4n) is 2.49. The number of anilines is 1. The van der Waals surface area contributed by atoms with Gasteiger partial charge in [0.25, 0.3) is 5.69 Å². The van der Waals surface area contributed by atoms with Gasteiger partial charge in [0.05, 0.1) is 24.6 Å². The summed E-state index contributed by atoms with van der Waals surface area (Å²) < 4.78 is 10.6. The first-order chi connectivity index (χ1) is 13.6. The fraction of sp³-hybridized carbons (Fsp3) is 0.400. The summed E-state index contributed by atoms with van der Waals surface area (Å²) in [5, 5.41) is 13.7. The summed E-state index contributed by atoms with van der Waals surface area (Å²) in [4.78, 5) is 25.9. The minimum absolute atomic E-state index is 0.0300. The van der Waals surface area contributed by atoms with Gasteiger partial charge in [-0.15, -0.1) is 0 Å². The molecule has 0 unspecified atom stereocenters. The van der Waals surface area contributed by atoms with E-state index in [-0.39, 0.29) is 18.1 Å². The molecule has 150 valence electrons. The summed E-state index contributed by atoms with van der Waals surface area (Å²) in [5.41, 5.74) is 0.867. The van der Waals surface area contributed by atoms with Gasteiger partial charge in [-0.2, -0.15) is 0 Å². The summed E-state index contributed by atoms with van der Waals surface area (Å²) >= 11 is 0. The molecule has 0 aliphatic heterocycles. The maximum Gasteiger partial charge on any atom is 0.310 e. The topological polar surface area (TPSA) is 104 Å². The standard InChI is InChI=1S/C20H25N3O5/c1-2-27-18-9-6-16(7-10-18)14-20(24)28-13-5-3-4-12-21-19-11-8-17(15-22-19)23(25)26/h6-11,15H,2-5,12-14H2,1H3,(H,21,22). The number of esters is 1. The zero-order valence-corrected chi connectivity index (χ0v) is 15.9. The molecule has 1 aromatic heterocycles. The number of nitro groups is 1. The van der Waals surface area contributed by atoms with Crippen LogP contribution in [0.25, 0.3) is 0 Å². The van der Waals surface area contributed by atoms with Gasteiger partial charge in [-0.1, -0.05) is 12.1 Å². The molecule has 0 amide bonds. The van der Waals surface area contributed by atoms with Gasteiger partial charge in [-0.05, 0) is 49.9 Å². The van der Waals surface area contributed by atoms with Crippen LogP contribution in [0.1, 0.15) is 31.7 Å². The first-order valence-corrected chi connectivity index (χ1v) is 9.30. The molecule has 0 atom stereocenters. The molecule has 1 N–H and O–H groups in total. The van der Waals surface area contributed by atoms with Crippen molar-refractivity contribution in [2.45, 2.75) is 32.6 Å². The van der Waals surface area contributed by atoms with E-state index in [9.17, 15) is 14.9 Å². The molecule has 0 bridgehead atoms. The highest BCUT2D eigenvalue weighted by molar-refractivity contribution is 5.72. The van der Waals surface area contributed by atoms with Gasteiger partial charge in [0.15, 0.2) is 0 Å². The van der Waals surface area contributed by atoms with Crippen LogP contribution in [0.4, 0.5) is 11.5 Å². The summed E-state index contributed by atoms with van der Waals surface area (Å²) in [6.45, 7) is 3.63. The first kappa shape index (κ1) is 21.1. The highest BCUT2D eigenvalue weighted by Crippen LogP contribution is 2.13. The van der Waals surface area contributed by atoms with Gasteiger partial charge >= 0.3 is 5.97 Å². The van der Waals surface area contributed by atoms with Gasteiger partial charge in [-0.25, -0.2) is 4.98 Å². The number of unbranched alkanes of at least 4 members (excludes halogenated alkanes) is 2. The van der Waals surface area contributed by atoms with Crippen LogP contribution in [0.15, 0.2) is 42.6 Å². The van der Waals surface area contributed by atoms with Crippen molar-refractivity contribution in [2.24, 2.45) is 0 Å². The van der Waals surface area contributed by atoms with E-state index >= 15 is 0 Å². The monoisotopic (exact) mass is 387 g/mol. The second-order valence-corrected chi connectivity index (χ2v) is 6.12. The smallest absolute Gasteiger partial charge is 0.310 e. The largest absolute Gasteiger partial charge is 0.494 e. The number of carbonyl (C=O) groups excluding carboxylic acids is 1. The lowest BCUT2D eigenvalue weighted by Crippen LogP contribution is -2.09. The number of carbonyl (C=O) groups is 1. The molecule has 28 heavy (non-hydrogen) atoms. The Labute approximate surface area is 164 Å². The fourth-order valence-corrected chi connectivity index (χ4v) is 2.49. The van der Waals surface area contributed by atoms with Crippen LogP contribution < -0.4 is 10.1 Å². The number of rotatable bonds is 12. The first-order valence-electron chi connectivity index (χ1n) is 9.30. The molecule has 0 fully saturated rings. The predicted molar refractivity (Wildman–Crippen MR) is 106 cm³/mol. The van der Waals surface area contributed by atoms with Crippen LogP contribution in [0, 0.1) is 10.1 Å². The number of nitrogens with zero attached hydrogens (tertiary/aromatic N) is 2. The molecule has 2 aromatic rings. The molecule has 1 heterocycles. The number of aromatic nitrogens is 1. The van der Waals surface area contributed by atoms with Gasteiger partial charge in [-0.3, -0.25) is 14.9 Å². The number of hydrogen-bond acceptors (Lipinski definition) is 7. The molecule has 1 aromatic carbocycles. The van der Waals surface area contributed by atoms with Crippen molar-refractivity contribution in [3.63, 3.8) is 0 Å². The highest BCUT2D eigenvalue weighted by atomic mass is 16.6. The van der Waals surface area contributed by atoms with Crippen LogP contribution in [-0.2, 0) is 16.0 Å². The van der Waals surface area contributed by atoms with Crippen molar-refractivity contribution in [3.8, 4) is 5.75 Å². The normalized spacial score (nSPS) is 10.3. The Morgan fingerprint density at radius 3 is 2.57 bits per heavy atom. The predicted octanol–water partition coefficient (Wildman–Crippen LogP) is 3.76. The molecule has 0 aliphatic rings. The number of benzene rings is 1. The van der Waals surface area contributed by atoms with E-state index in [1.54, 1.807) is 6.07 Å². The van der Waals surface area contributed by atoms with E-state index in [0.29, 0.717) is 25.6 Å². The van der Waals surface area contributed by atoms with E-state index in [4.69, 9.17) is 9.47 Å². The minimum atomic E-state index is -0.478. The lowest BCUT2D eigenvalue weighted by atomic mass is 10.1. The molecule has 0 aliphatic carbocycles. The summed E-state index contributed by atoms with van der Waals surface area (Å²) in [6, 6.07) is 10.4. The Morgan fingerprint density at radius 2 is 1.93 bits per heavy atom. The van der Waals surface area contributed by atoms with E-state index in [1.165, 1.54) is 12.3 Å². The second-order valence-electron chi connectivity index (χ2n) is 6.12. The average Bonchev–Trinajstić information content (AvgIpc) is 2.69. The van der Waals surface area contributed by atoms with Crippen LogP contribution in [0.5, 0.6) is 5.75 Å². The van der Waals surface area contributed by atoms with Gasteiger partial charge < -0.3 is 14.8 Å². The molecule has 2 rings (SSSR count). The van der Waals surface area contributed by atoms with Crippen LogP contribution in [0.3, 0.4) is 0 Å². The number of ether oxygens (including phenoxy) is 2. The Bertz CT molecular complexity index is 747. The maximum atomic E-state index is 11.9. The van der Waals surface area contributed by atoms with Crippen LogP contribution >= 0.6 is 0 Å². The van der Waals surface area contributed by atoms with E-state index in [1.807, 2.05) is 31.2 Å². The molecule has 0 spiro atoms. The summed E-state index contributed by atoms with van der Waals surface area (Å²) in [5.74, 6) is 1.15. The third-order valence-corrected chi connectivity index (χ3v) is 3.93. The van der Waals surface area contributed by atoms with Crippen molar-refractivity contribution in [2.75, 3.05) is 25.1 Å². The molecule has 0 saturated carbocycles. The summed E-state index contributed by atoms with van der Waals surface area (Å²) in [7, 11) is 0. The SMILES string of the molecule is CCOc1ccc(CC(=O)OCCCCCNc2ccc([N+](=O)[O-])cn2)cc1. The third-order valence-electron chi connectivity index (χ3n) is 3.93. The number of nitrogens with one attached hydrogen (secondary N) is 1. The van der Waals surface area contributed by atoms with Crippen molar-refractivity contribution in [1.29, 1.82) is 0 Å². The molecule has 8 heteroatoms. The highest BCUT2D eigenvalue weighted by Gasteiger charge is 2.06. The van der Waals surface area contributed by atoms with E-state index in [0.717, 1.165) is 30.6 Å². The van der Waals surface area contributed by atoms with Crippen LogP contribution in [-0.4, -0.2) is 35.6 Å². The average molecular weight is 387 g/mol. The summed E-state index contributed by atoms with van der Waals surface area (Å²) in [6.07, 6.45) is 4.04. The quantitative estimate of drug-likeness (QED) is 0.256. The second kappa shape index (κ2) is 11.5. The van der Waals surface area contributed by atoms with Gasteiger partial charge in [0, 0.05) is 12.6 Å². The number of pyridine rings is 1. The molecular weight excluding hydrogens is 362 g/mol. The Kier molecular flexibility index (Phi) is 8.71. The lowest BCUT2D eigenvalue weighted by Gasteiger charge is -2.07. The van der Waals surface area contributed by atoms with Crippen molar-refractivity contribution >= 4 is 17.5 Å². The minimum Gasteiger partial charge on any atom is -0.494 e. The maximum absolute atomic E-state index is 11.9. The zero-order chi connectivity index (χ0) is 20.2. The number of hydrogen-bond donors (Lipinski definition) is 1. The molecule has 0 radical (unpaired) electrons. The molecular formula is C20H25N3O5. The molecule has 0 saturated heterocycles. The Balaban J connectivity index is 1.53. The van der Waals surface area contributed by atoms with E-state index < -0.39 is 4.92 Å². The zero-order valence-electron chi connectivity index (χ0n) is 15.9. The van der Waals surface area contributed by atoms with Gasteiger partial charge in [0.2, 0.25) is 0 Å². The third kappa shape index (κ3) is 7.61. The Hall–Kier alpha value is -3.16. The van der Waals surface area contributed by atoms with Crippen molar-refractivity contribution < 1.29 is 19.2 Å².